The fraction of sp³-hybridized carbons (Fsp3) is 0.0455. The van der Waals surface area contributed by atoms with Crippen molar-refractivity contribution in [3.8, 4) is 0 Å². The Hall–Kier alpha value is -4.02. The molecule has 34 heavy (non-hydrogen) atoms. The van der Waals surface area contributed by atoms with E-state index in [1.165, 1.54) is 24.3 Å². The summed E-state index contributed by atoms with van der Waals surface area (Å²) in [4.78, 5) is 43.0. The summed E-state index contributed by atoms with van der Waals surface area (Å²) in [6.07, 6.45) is 0. The number of non-ortho nitro benzene ring substituents is 1. The number of benzene rings is 3. The van der Waals surface area contributed by atoms with Gasteiger partial charge in [0.05, 0.1) is 31.8 Å². The number of carbonyl (C=O) groups is 1. The van der Waals surface area contributed by atoms with E-state index in [0.717, 1.165) is 24.3 Å². The van der Waals surface area contributed by atoms with Crippen LogP contribution in [0.2, 0.25) is 10.0 Å². The Kier molecular flexibility index (Phi) is 6.18. The van der Waals surface area contributed by atoms with Crippen molar-refractivity contribution < 1.29 is 14.1 Å². The second-order valence-corrected chi connectivity index (χ2v) is 8.06. The van der Waals surface area contributed by atoms with Gasteiger partial charge < -0.3 is 11.1 Å². The lowest BCUT2D eigenvalue weighted by atomic mass is 9.88. The molecule has 0 radical (unpaired) electrons. The first-order valence-electron chi connectivity index (χ1n) is 9.63. The third-order valence-electron chi connectivity index (χ3n) is 5.02. The number of halogens is 3. The number of nitrogens with zero attached hydrogens (tertiary/aromatic N) is 2. The molecular weight excluding hydrogens is 488 g/mol. The van der Waals surface area contributed by atoms with E-state index in [9.17, 15) is 24.1 Å². The molecule has 1 heterocycles. The fourth-order valence-electron chi connectivity index (χ4n) is 3.50. The van der Waals surface area contributed by atoms with E-state index in [2.05, 4.69) is 15.3 Å². The molecule has 3 aromatic carbocycles. The van der Waals surface area contributed by atoms with Crippen LogP contribution in [0.1, 0.15) is 17.0 Å². The van der Waals surface area contributed by atoms with Crippen LogP contribution >= 0.6 is 23.2 Å². The Morgan fingerprint density at radius 2 is 1.82 bits per heavy atom. The third kappa shape index (κ3) is 4.54. The number of rotatable bonds is 6. The first-order chi connectivity index (χ1) is 16.1. The van der Waals surface area contributed by atoms with Gasteiger partial charge in [-0.05, 0) is 35.9 Å². The SMILES string of the molecule is NC(=O)C(c1ccc(F)cc1)c1cc([N+](=O)[O-])cc2c(=O)[nH]c(Nc3ccc(Cl)c(Cl)c3)nc12. The van der Waals surface area contributed by atoms with Crippen molar-refractivity contribution in [2.75, 3.05) is 5.32 Å². The number of nitro groups is 1. The predicted molar refractivity (Wildman–Crippen MR) is 126 cm³/mol. The summed E-state index contributed by atoms with van der Waals surface area (Å²) in [7, 11) is 0. The third-order valence-corrected chi connectivity index (χ3v) is 5.76. The van der Waals surface area contributed by atoms with Gasteiger partial charge in [0.1, 0.15) is 5.82 Å². The van der Waals surface area contributed by atoms with Crippen molar-refractivity contribution in [3.05, 3.63) is 102 Å². The molecule has 0 bridgehead atoms. The van der Waals surface area contributed by atoms with E-state index in [1.807, 2.05) is 0 Å². The lowest BCUT2D eigenvalue weighted by molar-refractivity contribution is -0.384. The van der Waals surface area contributed by atoms with Crippen molar-refractivity contribution in [1.29, 1.82) is 0 Å². The molecule has 0 spiro atoms. The van der Waals surface area contributed by atoms with Crippen LogP contribution in [-0.2, 0) is 4.79 Å². The highest BCUT2D eigenvalue weighted by molar-refractivity contribution is 6.42. The van der Waals surface area contributed by atoms with E-state index in [4.69, 9.17) is 28.9 Å². The topological polar surface area (TPSA) is 144 Å². The molecule has 0 fully saturated rings. The van der Waals surface area contributed by atoms with E-state index in [1.54, 1.807) is 6.07 Å². The number of nitro benzene ring substituents is 1. The molecule has 1 atom stereocenters. The van der Waals surface area contributed by atoms with Gasteiger partial charge in [0.2, 0.25) is 11.9 Å². The van der Waals surface area contributed by atoms with Gasteiger partial charge in [-0.25, -0.2) is 9.37 Å². The molecule has 172 valence electrons. The summed E-state index contributed by atoms with van der Waals surface area (Å²) in [5.74, 6) is -2.67. The van der Waals surface area contributed by atoms with Gasteiger partial charge in [-0.3, -0.25) is 24.7 Å². The zero-order valence-corrected chi connectivity index (χ0v) is 18.5. The zero-order valence-electron chi connectivity index (χ0n) is 17.0. The van der Waals surface area contributed by atoms with Gasteiger partial charge in [-0.2, -0.15) is 0 Å². The molecule has 1 aromatic heterocycles. The van der Waals surface area contributed by atoms with Gasteiger partial charge in [0.15, 0.2) is 0 Å². The smallest absolute Gasteiger partial charge is 0.270 e. The van der Waals surface area contributed by atoms with E-state index < -0.39 is 33.8 Å². The number of aromatic amines is 1. The van der Waals surface area contributed by atoms with Crippen molar-refractivity contribution >= 4 is 57.3 Å². The molecule has 4 rings (SSSR count). The van der Waals surface area contributed by atoms with Gasteiger partial charge in [0.25, 0.3) is 11.2 Å². The van der Waals surface area contributed by atoms with E-state index >= 15 is 0 Å². The normalized spacial score (nSPS) is 11.9. The average Bonchev–Trinajstić information content (AvgIpc) is 2.77. The number of hydrogen-bond acceptors (Lipinski definition) is 6. The van der Waals surface area contributed by atoms with Crippen LogP contribution in [0.25, 0.3) is 10.9 Å². The molecule has 4 N–H and O–H groups in total. The van der Waals surface area contributed by atoms with Crippen LogP contribution in [-0.4, -0.2) is 20.8 Å². The molecule has 0 aliphatic heterocycles. The Balaban J connectivity index is 1.95. The minimum absolute atomic E-state index is 0.00466. The number of hydrogen-bond donors (Lipinski definition) is 3. The predicted octanol–water partition coefficient (Wildman–Crippen LogP) is 4.64. The number of nitrogens with two attached hydrogens (primary N) is 1. The van der Waals surface area contributed by atoms with Gasteiger partial charge in [-0.1, -0.05) is 35.3 Å². The second-order valence-electron chi connectivity index (χ2n) is 7.24. The first-order valence-corrected chi connectivity index (χ1v) is 10.4. The van der Waals surface area contributed by atoms with Gasteiger partial charge >= 0.3 is 0 Å². The summed E-state index contributed by atoms with van der Waals surface area (Å²) in [6, 6.07) is 11.7. The van der Waals surface area contributed by atoms with Crippen molar-refractivity contribution in [1.82, 2.24) is 9.97 Å². The lowest BCUT2D eigenvalue weighted by Crippen LogP contribution is -2.24. The summed E-state index contributed by atoms with van der Waals surface area (Å²) < 4.78 is 13.5. The highest BCUT2D eigenvalue weighted by Gasteiger charge is 2.27. The van der Waals surface area contributed by atoms with Gasteiger partial charge in [0, 0.05) is 23.4 Å². The zero-order chi connectivity index (χ0) is 24.6. The summed E-state index contributed by atoms with van der Waals surface area (Å²) in [6.45, 7) is 0. The molecule has 1 amide bonds. The first kappa shape index (κ1) is 23.1. The number of aromatic nitrogens is 2. The molecule has 0 saturated heterocycles. The molecule has 12 heteroatoms. The molecule has 4 aromatic rings. The number of anilines is 2. The molecule has 1 unspecified atom stereocenters. The monoisotopic (exact) mass is 501 g/mol. The Labute approximate surface area is 200 Å². The highest BCUT2D eigenvalue weighted by Crippen LogP contribution is 2.33. The number of primary amides is 1. The summed E-state index contributed by atoms with van der Waals surface area (Å²) in [5, 5.41) is 14.9. The molecule has 0 aliphatic carbocycles. The van der Waals surface area contributed by atoms with Crippen LogP contribution in [0.4, 0.5) is 21.7 Å². The van der Waals surface area contributed by atoms with Crippen LogP contribution in [0.3, 0.4) is 0 Å². The van der Waals surface area contributed by atoms with E-state index in [0.29, 0.717) is 10.7 Å². The Morgan fingerprint density at radius 3 is 2.44 bits per heavy atom. The Morgan fingerprint density at radius 1 is 1.12 bits per heavy atom. The maximum Gasteiger partial charge on any atom is 0.270 e. The van der Waals surface area contributed by atoms with Crippen molar-refractivity contribution in [3.63, 3.8) is 0 Å². The fourth-order valence-corrected chi connectivity index (χ4v) is 3.80. The maximum atomic E-state index is 13.5. The van der Waals surface area contributed by atoms with Crippen molar-refractivity contribution in [2.45, 2.75) is 5.92 Å². The molecule has 9 nitrogen and oxygen atoms in total. The average molecular weight is 502 g/mol. The lowest BCUT2D eigenvalue weighted by Gasteiger charge is -2.17. The summed E-state index contributed by atoms with van der Waals surface area (Å²) in [5.41, 5.74) is 5.24. The second kappa shape index (κ2) is 9.08. The standard InChI is InChI=1S/C22H14Cl2FN5O4/c23-16-6-5-12(7-17(16)24)27-22-28-19-14(8-13(30(33)34)9-15(19)21(32)29-22)18(20(26)31)10-1-3-11(25)4-2-10/h1-9,18H,(H2,26,31)(H2,27,28,29,32). The van der Waals surface area contributed by atoms with E-state index in [-0.39, 0.29) is 33.0 Å². The molecule has 0 saturated carbocycles. The largest absolute Gasteiger partial charge is 0.369 e. The Bertz CT molecular complexity index is 1510. The quantitative estimate of drug-likeness (QED) is 0.259. The number of carbonyl (C=O) groups excluding carboxylic acids is 1. The minimum atomic E-state index is -1.24. The maximum absolute atomic E-state index is 13.5. The highest BCUT2D eigenvalue weighted by atomic mass is 35.5. The van der Waals surface area contributed by atoms with Crippen LogP contribution < -0.4 is 16.6 Å². The van der Waals surface area contributed by atoms with Crippen LogP contribution in [0, 0.1) is 15.9 Å². The van der Waals surface area contributed by atoms with Crippen LogP contribution in [0.5, 0.6) is 0 Å². The number of amides is 1. The number of fused-ring (bicyclic) bond motifs is 1. The number of H-pyrrole nitrogens is 1. The summed E-state index contributed by atoms with van der Waals surface area (Å²) >= 11 is 12.0. The molecule has 0 aliphatic rings. The minimum Gasteiger partial charge on any atom is -0.369 e. The van der Waals surface area contributed by atoms with Crippen LogP contribution in [0.15, 0.2) is 59.4 Å². The molecular formula is C22H14Cl2FN5O4. The van der Waals surface area contributed by atoms with Gasteiger partial charge in [-0.15, -0.1) is 0 Å². The number of nitrogens with one attached hydrogen (secondary N) is 2. The van der Waals surface area contributed by atoms with Crippen molar-refractivity contribution in [2.24, 2.45) is 5.73 Å².